The highest BCUT2D eigenvalue weighted by Gasteiger charge is 2.14. The van der Waals surface area contributed by atoms with Crippen molar-refractivity contribution in [3.05, 3.63) is 53.5 Å². The van der Waals surface area contributed by atoms with Gasteiger partial charge in [0, 0.05) is 17.7 Å². The maximum absolute atomic E-state index is 11.9. The number of carboxylic acids is 1. The van der Waals surface area contributed by atoms with Gasteiger partial charge in [-0.05, 0) is 30.3 Å². The second kappa shape index (κ2) is 5.92. The van der Waals surface area contributed by atoms with E-state index < -0.39 is 5.97 Å². The topological polar surface area (TPSA) is 88.8 Å². The first-order valence-electron chi connectivity index (χ1n) is 5.83. The molecule has 0 spiro atoms. The highest BCUT2D eigenvalue weighted by molar-refractivity contribution is 5.94. The number of carbonyl (C=O) groups excluding carboxylic acids is 1. The van der Waals surface area contributed by atoms with Crippen LogP contribution in [-0.4, -0.2) is 24.1 Å². The van der Waals surface area contributed by atoms with Gasteiger partial charge in [0.1, 0.15) is 5.75 Å². The third-order valence-electron chi connectivity index (χ3n) is 2.73. The predicted octanol–water partition coefficient (Wildman–Crippen LogP) is 1.92. The van der Waals surface area contributed by atoms with Gasteiger partial charge >= 0.3 is 5.97 Å². The summed E-state index contributed by atoms with van der Waals surface area (Å²) in [6, 6.07) is 8.12. The largest absolute Gasteiger partial charge is 0.497 e. The van der Waals surface area contributed by atoms with Gasteiger partial charge in [-0.1, -0.05) is 0 Å². The van der Waals surface area contributed by atoms with Crippen LogP contribution in [0.5, 0.6) is 5.75 Å². The van der Waals surface area contributed by atoms with Gasteiger partial charge in [0.2, 0.25) is 5.76 Å². The van der Waals surface area contributed by atoms with Crippen LogP contribution in [0.2, 0.25) is 0 Å². The van der Waals surface area contributed by atoms with Crippen molar-refractivity contribution in [2.45, 2.75) is 6.54 Å². The third kappa shape index (κ3) is 2.97. The molecule has 0 unspecified atom stereocenters. The summed E-state index contributed by atoms with van der Waals surface area (Å²) in [4.78, 5) is 22.7. The van der Waals surface area contributed by atoms with Crippen LogP contribution in [-0.2, 0) is 6.54 Å². The fourth-order valence-corrected chi connectivity index (χ4v) is 1.68. The van der Waals surface area contributed by atoms with Crippen LogP contribution in [0.1, 0.15) is 26.5 Å². The predicted molar refractivity (Wildman–Crippen MR) is 69.8 cm³/mol. The molecule has 0 atom stereocenters. The molecule has 0 aliphatic carbocycles. The minimum absolute atomic E-state index is 0.0863. The number of methoxy groups -OCH3 is 1. The standard InChI is InChI=1S/C14H13NO5/c1-19-11-4-2-9(3-5-11)13(16)15-8-10-6-7-20-12(10)14(17)18/h2-7H,8H2,1H3,(H,15,16)(H,17,18). The van der Waals surface area contributed by atoms with E-state index in [0.717, 1.165) is 0 Å². The Bertz CT molecular complexity index is 615. The molecular weight excluding hydrogens is 262 g/mol. The Balaban J connectivity index is 2.01. The zero-order valence-electron chi connectivity index (χ0n) is 10.8. The molecule has 0 fully saturated rings. The van der Waals surface area contributed by atoms with Gasteiger partial charge in [0.05, 0.1) is 13.4 Å². The molecule has 2 rings (SSSR count). The quantitative estimate of drug-likeness (QED) is 0.870. The van der Waals surface area contributed by atoms with Crippen LogP contribution >= 0.6 is 0 Å². The fourth-order valence-electron chi connectivity index (χ4n) is 1.68. The lowest BCUT2D eigenvalue weighted by molar-refractivity contribution is 0.0659. The molecule has 1 amide bonds. The van der Waals surface area contributed by atoms with E-state index in [1.165, 1.54) is 12.3 Å². The molecule has 0 bridgehead atoms. The number of aromatic carboxylic acids is 1. The van der Waals surface area contributed by atoms with E-state index in [4.69, 9.17) is 14.3 Å². The summed E-state index contributed by atoms with van der Waals surface area (Å²) in [5.41, 5.74) is 0.880. The molecule has 0 saturated carbocycles. The van der Waals surface area contributed by atoms with E-state index in [1.54, 1.807) is 31.4 Å². The normalized spacial score (nSPS) is 10.1. The maximum Gasteiger partial charge on any atom is 0.372 e. The van der Waals surface area contributed by atoms with Gasteiger partial charge in [0.25, 0.3) is 5.91 Å². The summed E-state index contributed by atoms with van der Waals surface area (Å²) in [7, 11) is 1.54. The molecule has 2 N–H and O–H groups in total. The average molecular weight is 275 g/mol. The Morgan fingerprint density at radius 3 is 2.55 bits per heavy atom. The minimum atomic E-state index is -1.16. The average Bonchev–Trinajstić information content (AvgIpc) is 2.93. The Kier molecular flexibility index (Phi) is 4.05. The Labute approximate surface area is 115 Å². The first kappa shape index (κ1) is 13.7. The lowest BCUT2D eigenvalue weighted by atomic mass is 10.2. The summed E-state index contributed by atoms with van der Waals surface area (Å²) in [6.07, 6.45) is 1.28. The number of amides is 1. The molecule has 0 radical (unpaired) electrons. The summed E-state index contributed by atoms with van der Waals surface area (Å²) in [5.74, 6) is -0.974. The Morgan fingerprint density at radius 2 is 1.95 bits per heavy atom. The van der Waals surface area contributed by atoms with E-state index in [0.29, 0.717) is 16.9 Å². The van der Waals surface area contributed by atoms with E-state index in [-0.39, 0.29) is 18.2 Å². The van der Waals surface area contributed by atoms with Gasteiger partial charge in [-0.2, -0.15) is 0 Å². The van der Waals surface area contributed by atoms with Crippen molar-refractivity contribution in [2.24, 2.45) is 0 Å². The molecule has 1 heterocycles. The second-order valence-corrected chi connectivity index (χ2v) is 3.99. The molecule has 2 aromatic rings. The summed E-state index contributed by atoms with van der Waals surface area (Å²) < 4.78 is 9.83. The number of rotatable bonds is 5. The van der Waals surface area contributed by atoms with Crippen molar-refractivity contribution >= 4 is 11.9 Å². The number of nitrogens with one attached hydrogen (secondary N) is 1. The molecule has 6 heteroatoms. The number of benzene rings is 1. The third-order valence-corrected chi connectivity index (χ3v) is 2.73. The van der Waals surface area contributed by atoms with Crippen LogP contribution in [0.4, 0.5) is 0 Å². The fraction of sp³-hybridized carbons (Fsp3) is 0.143. The van der Waals surface area contributed by atoms with Crippen LogP contribution in [0.25, 0.3) is 0 Å². The highest BCUT2D eigenvalue weighted by atomic mass is 16.5. The van der Waals surface area contributed by atoms with Crippen LogP contribution in [0.3, 0.4) is 0 Å². The van der Waals surface area contributed by atoms with Gasteiger partial charge < -0.3 is 19.6 Å². The summed E-state index contributed by atoms with van der Waals surface area (Å²) in [6.45, 7) is 0.0863. The highest BCUT2D eigenvalue weighted by Crippen LogP contribution is 2.13. The number of ether oxygens (including phenoxy) is 1. The number of carbonyl (C=O) groups is 2. The number of furan rings is 1. The van der Waals surface area contributed by atoms with Gasteiger partial charge in [-0.3, -0.25) is 4.79 Å². The number of carboxylic acid groups (broad SMARTS) is 1. The van der Waals surface area contributed by atoms with Gasteiger partial charge in [-0.25, -0.2) is 4.79 Å². The first-order valence-corrected chi connectivity index (χ1v) is 5.83. The molecule has 0 aliphatic heterocycles. The second-order valence-electron chi connectivity index (χ2n) is 3.99. The van der Waals surface area contributed by atoms with E-state index in [9.17, 15) is 9.59 Å². The molecule has 1 aromatic heterocycles. The first-order chi connectivity index (χ1) is 9.61. The number of hydrogen-bond acceptors (Lipinski definition) is 4. The molecular formula is C14H13NO5. The molecule has 20 heavy (non-hydrogen) atoms. The lowest BCUT2D eigenvalue weighted by Gasteiger charge is -2.05. The SMILES string of the molecule is COc1ccc(C(=O)NCc2ccoc2C(=O)O)cc1. The van der Waals surface area contributed by atoms with E-state index >= 15 is 0 Å². The van der Waals surface area contributed by atoms with Crippen molar-refractivity contribution in [3.63, 3.8) is 0 Å². The van der Waals surface area contributed by atoms with Crippen LogP contribution < -0.4 is 10.1 Å². The smallest absolute Gasteiger partial charge is 0.372 e. The van der Waals surface area contributed by atoms with Crippen LogP contribution in [0, 0.1) is 0 Å². The monoisotopic (exact) mass is 275 g/mol. The zero-order valence-corrected chi connectivity index (χ0v) is 10.8. The molecule has 104 valence electrons. The van der Waals surface area contributed by atoms with Crippen molar-refractivity contribution < 1.29 is 23.8 Å². The molecule has 0 saturated heterocycles. The summed E-state index contributed by atoms with van der Waals surface area (Å²) >= 11 is 0. The van der Waals surface area contributed by atoms with Crippen LogP contribution in [0.15, 0.2) is 41.0 Å². The zero-order chi connectivity index (χ0) is 14.5. The van der Waals surface area contributed by atoms with Crippen molar-refractivity contribution in [2.75, 3.05) is 7.11 Å². The number of hydrogen-bond donors (Lipinski definition) is 2. The summed E-state index contributed by atoms with van der Waals surface area (Å²) in [5, 5.41) is 11.5. The van der Waals surface area contributed by atoms with E-state index in [1.807, 2.05) is 0 Å². The Morgan fingerprint density at radius 1 is 1.25 bits per heavy atom. The van der Waals surface area contributed by atoms with Crippen molar-refractivity contribution in [3.8, 4) is 5.75 Å². The molecule has 1 aromatic carbocycles. The van der Waals surface area contributed by atoms with Crippen molar-refractivity contribution in [1.82, 2.24) is 5.32 Å². The Hall–Kier alpha value is -2.76. The molecule has 0 aliphatic rings. The minimum Gasteiger partial charge on any atom is -0.497 e. The van der Waals surface area contributed by atoms with Crippen molar-refractivity contribution in [1.29, 1.82) is 0 Å². The maximum atomic E-state index is 11.9. The van der Waals surface area contributed by atoms with Gasteiger partial charge in [0.15, 0.2) is 0 Å². The molecule has 6 nitrogen and oxygen atoms in total. The van der Waals surface area contributed by atoms with Gasteiger partial charge in [-0.15, -0.1) is 0 Å². The lowest BCUT2D eigenvalue weighted by Crippen LogP contribution is -2.23. The van der Waals surface area contributed by atoms with E-state index in [2.05, 4.69) is 5.32 Å².